The average Bonchev–Trinajstić information content (AvgIpc) is 3.13. The van der Waals surface area contributed by atoms with E-state index in [-0.39, 0.29) is 0 Å². The first-order valence-electron chi connectivity index (χ1n) is 9.23. The third kappa shape index (κ3) is 7.30. The van der Waals surface area contributed by atoms with Crippen LogP contribution >= 0.6 is 15.9 Å². The Morgan fingerprint density at radius 2 is 2.11 bits per heavy atom. The van der Waals surface area contributed by atoms with Crippen molar-refractivity contribution < 1.29 is 4.74 Å². The molecule has 0 aliphatic carbocycles. The van der Waals surface area contributed by atoms with Crippen LogP contribution in [0.25, 0.3) is 0 Å². The molecular weight excluding hydrogens is 408 g/mol. The Morgan fingerprint density at radius 3 is 2.81 bits per heavy atom. The Kier molecular flexibility index (Phi) is 9.27. The number of ether oxygens (including phenoxy) is 1. The number of hydrogen-bond donors (Lipinski definition) is 1. The molecule has 148 valence electrons. The summed E-state index contributed by atoms with van der Waals surface area (Å²) in [6.45, 7) is 5.89. The summed E-state index contributed by atoms with van der Waals surface area (Å²) >= 11 is 3.48. The van der Waals surface area contributed by atoms with Crippen LogP contribution in [0.2, 0.25) is 0 Å². The van der Waals surface area contributed by atoms with Gasteiger partial charge in [0.15, 0.2) is 5.96 Å². The molecule has 0 radical (unpaired) electrons. The van der Waals surface area contributed by atoms with E-state index in [1.165, 1.54) is 5.56 Å². The van der Waals surface area contributed by atoms with Crippen LogP contribution in [0.5, 0.6) is 0 Å². The van der Waals surface area contributed by atoms with Crippen LogP contribution in [-0.2, 0) is 24.2 Å². The molecule has 0 fully saturated rings. The standard InChI is InChI=1S/C19H29BrN6O/c1-4-18-24-23-15-26(18)12-11-22-19(21-10-5-13-27-3)25(2)14-16-6-8-17(20)9-7-16/h6-9,15H,4-5,10-14H2,1-3H3,(H,21,22). The Hall–Kier alpha value is -1.93. The molecule has 0 saturated carbocycles. The number of halogens is 1. The molecule has 0 aliphatic rings. The summed E-state index contributed by atoms with van der Waals surface area (Å²) < 4.78 is 8.28. The van der Waals surface area contributed by atoms with Gasteiger partial charge in [-0.2, -0.15) is 0 Å². The molecule has 2 aromatic rings. The first-order valence-corrected chi connectivity index (χ1v) is 10.0. The third-order valence-corrected chi connectivity index (χ3v) is 4.64. The lowest BCUT2D eigenvalue weighted by molar-refractivity contribution is 0.197. The molecule has 0 bridgehead atoms. The Bertz CT molecular complexity index is 700. The Morgan fingerprint density at radius 1 is 1.33 bits per heavy atom. The number of hydrogen-bond acceptors (Lipinski definition) is 4. The lowest BCUT2D eigenvalue weighted by atomic mass is 10.2. The summed E-state index contributed by atoms with van der Waals surface area (Å²) in [6.07, 6.45) is 3.56. The second kappa shape index (κ2) is 11.7. The van der Waals surface area contributed by atoms with Gasteiger partial charge in [-0.3, -0.25) is 4.99 Å². The molecule has 1 heterocycles. The van der Waals surface area contributed by atoms with Crippen LogP contribution in [0.4, 0.5) is 0 Å². The molecular formula is C19H29BrN6O. The monoisotopic (exact) mass is 436 g/mol. The fraction of sp³-hybridized carbons (Fsp3) is 0.526. The van der Waals surface area contributed by atoms with E-state index in [2.05, 4.69) is 79.1 Å². The summed E-state index contributed by atoms with van der Waals surface area (Å²) in [5.74, 6) is 1.89. The quantitative estimate of drug-likeness (QED) is 0.352. The maximum Gasteiger partial charge on any atom is 0.194 e. The molecule has 0 unspecified atom stereocenters. The van der Waals surface area contributed by atoms with E-state index in [1.807, 2.05) is 0 Å². The van der Waals surface area contributed by atoms with E-state index >= 15 is 0 Å². The zero-order chi connectivity index (χ0) is 19.5. The van der Waals surface area contributed by atoms with Crippen LogP contribution in [0.3, 0.4) is 0 Å². The minimum Gasteiger partial charge on any atom is -0.385 e. The number of guanidine groups is 1. The highest BCUT2D eigenvalue weighted by Gasteiger charge is 2.08. The van der Waals surface area contributed by atoms with Crippen molar-refractivity contribution in [2.24, 2.45) is 4.99 Å². The van der Waals surface area contributed by atoms with Crippen molar-refractivity contribution in [1.82, 2.24) is 25.0 Å². The number of benzene rings is 1. The molecule has 8 heteroatoms. The van der Waals surface area contributed by atoms with Crippen molar-refractivity contribution in [3.63, 3.8) is 0 Å². The van der Waals surface area contributed by atoms with Gasteiger partial charge in [-0.15, -0.1) is 10.2 Å². The zero-order valence-corrected chi connectivity index (χ0v) is 17.9. The lowest BCUT2D eigenvalue weighted by Gasteiger charge is -2.23. The Labute approximate surface area is 170 Å². The summed E-state index contributed by atoms with van der Waals surface area (Å²) in [7, 11) is 3.77. The van der Waals surface area contributed by atoms with Gasteiger partial charge in [-0.1, -0.05) is 35.0 Å². The molecule has 2 rings (SSSR count). The van der Waals surface area contributed by atoms with Crippen LogP contribution in [0.15, 0.2) is 40.1 Å². The van der Waals surface area contributed by atoms with Crippen LogP contribution in [0.1, 0.15) is 24.7 Å². The summed E-state index contributed by atoms with van der Waals surface area (Å²) in [4.78, 5) is 6.88. The van der Waals surface area contributed by atoms with Gasteiger partial charge in [0.05, 0.1) is 0 Å². The van der Waals surface area contributed by atoms with Crippen molar-refractivity contribution in [3.8, 4) is 0 Å². The SMILES string of the molecule is CCc1nncn1CCNC(=NCCCOC)N(C)Cc1ccc(Br)cc1. The van der Waals surface area contributed by atoms with Crippen LogP contribution in [0, 0.1) is 0 Å². The van der Waals surface area contributed by atoms with Crippen LogP contribution < -0.4 is 5.32 Å². The smallest absolute Gasteiger partial charge is 0.194 e. The minimum absolute atomic E-state index is 0.716. The number of methoxy groups -OCH3 is 1. The van der Waals surface area contributed by atoms with Gasteiger partial charge in [0.1, 0.15) is 12.2 Å². The van der Waals surface area contributed by atoms with E-state index in [0.717, 1.165) is 55.3 Å². The first-order chi connectivity index (χ1) is 13.1. The predicted octanol–water partition coefficient (Wildman–Crippen LogP) is 2.72. The van der Waals surface area contributed by atoms with E-state index in [9.17, 15) is 0 Å². The summed E-state index contributed by atoms with van der Waals surface area (Å²) in [6, 6.07) is 8.36. The van der Waals surface area contributed by atoms with Crippen molar-refractivity contribution in [1.29, 1.82) is 0 Å². The minimum atomic E-state index is 0.716. The van der Waals surface area contributed by atoms with E-state index in [4.69, 9.17) is 9.73 Å². The lowest BCUT2D eigenvalue weighted by Crippen LogP contribution is -2.40. The molecule has 0 amide bonds. The van der Waals surface area contributed by atoms with E-state index < -0.39 is 0 Å². The van der Waals surface area contributed by atoms with Crippen LogP contribution in [-0.4, -0.2) is 59.5 Å². The van der Waals surface area contributed by atoms with Gasteiger partial charge in [0.2, 0.25) is 0 Å². The zero-order valence-electron chi connectivity index (χ0n) is 16.4. The molecule has 0 spiro atoms. The molecule has 1 N–H and O–H groups in total. The molecule has 1 aromatic carbocycles. The normalized spacial score (nSPS) is 11.6. The number of rotatable bonds is 10. The van der Waals surface area contributed by atoms with Gasteiger partial charge < -0.3 is 19.5 Å². The van der Waals surface area contributed by atoms with Crippen molar-refractivity contribution in [3.05, 3.63) is 46.5 Å². The second-order valence-electron chi connectivity index (χ2n) is 6.26. The van der Waals surface area contributed by atoms with Gasteiger partial charge in [-0.05, 0) is 24.1 Å². The fourth-order valence-electron chi connectivity index (χ4n) is 2.67. The van der Waals surface area contributed by atoms with Gasteiger partial charge in [-0.25, -0.2) is 0 Å². The Balaban J connectivity index is 1.95. The molecule has 27 heavy (non-hydrogen) atoms. The highest BCUT2D eigenvalue weighted by Crippen LogP contribution is 2.11. The number of nitrogens with one attached hydrogen (secondary N) is 1. The molecule has 1 aromatic heterocycles. The molecule has 0 atom stereocenters. The van der Waals surface area contributed by atoms with Crippen molar-refractivity contribution in [2.45, 2.75) is 32.9 Å². The van der Waals surface area contributed by atoms with E-state index in [0.29, 0.717) is 6.61 Å². The first kappa shape index (κ1) is 21.4. The molecule has 0 aliphatic heterocycles. The van der Waals surface area contributed by atoms with Crippen molar-refractivity contribution >= 4 is 21.9 Å². The number of aliphatic imine (C=N–C) groups is 1. The average molecular weight is 437 g/mol. The largest absolute Gasteiger partial charge is 0.385 e. The van der Waals surface area contributed by atoms with Gasteiger partial charge in [0, 0.05) is 57.8 Å². The second-order valence-corrected chi connectivity index (χ2v) is 7.17. The van der Waals surface area contributed by atoms with Crippen molar-refractivity contribution in [2.75, 3.05) is 33.9 Å². The number of aromatic nitrogens is 3. The maximum atomic E-state index is 5.12. The summed E-state index contributed by atoms with van der Waals surface area (Å²) in [5.41, 5.74) is 1.24. The van der Waals surface area contributed by atoms with Gasteiger partial charge >= 0.3 is 0 Å². The highest BCUT2D eigenvalue weighted by atomic mass is 79.9. The number of aryl methyl sites for hydroxylation is 1. The molecule has 0 saturated heterocycles. The summed E-state index contributed by atoms with van der Waals surface area (Å²) in [5, 5.41) is 11.6. The third-order valence-electron chi connectivity index (χ3n) is 4.11. The maximum absolute atomic E-state index is 5.12. The highest BCUT2D eigenvalue weighted by molar-refractivity contribution is 9.10. The predicted molar refractivity (Wildman–Crippen MR) is 112 cm³/mol. The number of nitrogens with zero attached hydrogens (tertiary/aromatic N) is 5. The molecule has 7 nitrogen and oxygen atoms in total. The van der Waals surface area contributed by atoms with Gasteiger partial charge in [0.25, 0.3) is 0 Å². The fourth-order valence-corrected chi connectivity index (χ4v) is 2.94. The topological polar surface area (TPSA) is 67.6 Å². The van der Waals surface area contributed by atoms with E-state index in [1.54, 1.807) is 13.4 Å².